The summed E-state index contributed by atoms with van der Waals surface area (Å²) in [7, 11) is 0. The average Bonchev–Trinajstić information content (AvgIpc) is 2.90. The number of hydrogen-bond acceptors (Lipinski definition) is 3. The molecule has 0 aromatic carbocycles. The van der Waals surface area contributed by atoms with Gasteiger partial charge in [0.2, 0.25) is 0 Å². The molecule has 0 aliphatic carbocycles. The van der Waals surface area contributed by atoms with Crippen molar-refractivity contribution in [1.82, 2.24) is 9.78 Å². The van der Waals surface area contributed by atoms with Gasteiger partial charge in [-0.2, -0.15) is 5.10 Å². The Morgan fingerprint density at radius 1 is 1.28 bits per heavy atom. The van der Waals surface area contributed by atoms with Crippen molar-refractivity contribution in [3.8, 4) is 0 Å². The summed E-state index contributed by atoms with van der Waals surface area (Å²) in [6.45, 7) is 7.96. The highest BCUT2D eigenvalue weighted by molar-refractivity contribution is 7.11. The van der Waals surface area contributed by atoms with Gasteiger partial charge in [-0.15, -0.1) is 11.3 Å². The summed E-state index contributed by atoms with van der Waals surface area (Å²) in [5.41, 5.74) is 9.33. The Kier molecular flexibility index (Phi) is 4.19. The lowest BCUT2D eigenvalue weighted by Gasteiger charge is -2.03. The van der Waals surface area contributed by atoms with Crippen LogP contribution in [0.1, 0.15) is 33.6 Å². The standard InChI is InChI=1S/C14H21N3S/c1-4-12-5-6-13(18-12)9-17-11(3)14(7-8-15)10(2)16-17/h5-6H,4,7-9,15H2,1-3H3. The molecule has 3 nitrogen and oxygen atoms in total. The average molecular weight is 263 g/mol. The first kappa shape index (κ1) is 13.3. The van der Waals surface area contributed by atoms with Gasteiger partial charge in [0.15, 0.2) is 0 Å². The van der Waals surface area contributed by atoms with Crippen molar-refractivity contribution in [2.45, 2.75) is 40.2 Å². The lowest BCUT2D eigenvalue weighted by atomic mass is 10.1. The molecule has 0 aliphatic rings. The van der Waals surface area contributed by atoms with Crippen molar-refractivity contribution >= 4 is 11.3 Å². The third-order valence-electron chi connectivity index (χ3n) is 3.30. The highest BCUT2D eigenvalue weighted by atomic mass is 32.1. The molecular weight excluding hydrogens is 242 g/mol. The summed E-state index contributed by atoms with van der Waals surface area (Å²) < 4.78 is 2.10. The first-order valence-corrected chi connectivity index (χ1v) is 7.27. The van der Waals surface area contributed by atoms with Crippen molar-refractivity contribution in [2.24, 2.45) is 5.73 Å². The molecule has 2 N–H and O–H groups in total. The lowest BCUT2D eigenvalue weighted by molar-refractivity contribution is 0.665. The van der Waals surface area contributed by atoms with E-state index in [1.807, 2.05) is 11.3 Å². The Hall–Kier alpha value is -1.13. The monoisotopic (exact) mass is 263 g/mol. The molecule has 18 heavy (non-hydrogen) atoms. The van der Waals surface area contributed by atoms with Gasteiger partial charge in [-0.1, -0.05) is 6.92 Å². The highest BCUT2D eigenvalue weighted by Crippen LogP contribution is 2.20. The van der Waals surface area contributed by atoms with E-state index in [4.69, 9.17) is 5.73 Å². The van der Waals surface area contributed by atoms with Crippen LogP contribution in [-0.4, -0.2) is 16.3 Å². The van der Waals surface area contributed by atoms with Crippen LogP contribution in [0.15, 0.2) is 12.1 Å². The fraction of sp³-hybridized carbons (Fsp3) is 0.500. The molecular formula is C14H21N3S. The van der Waals surface area contributed by atoms with Crippen LogP contribution in [0.4, 0.5) is 0 Å². The molecule has 0 radical (unpaired) electrons. The van der Waals surface area contributed by atoms with E-state index in [0.717, 1.165) is 25.1 Å². The van der Waals surface area contributed by atoms with Gasteiger partial charge in [0.25, 0.3) is 0 Å². The molecule has 0 amide bonds. The van der Waals surface area contributed by atoms with Gasteiger partial charge in [0, 0.05) is 15.4 Å². The summed E-state index contributed by atoms with van der Waals surface area (Å²) in [6, 6.07) is 4.43. The summed E-state index contributed by atoms with van der Waals surface area (Å²) in [4.78, 5) is 2.81. The van der Waals surface area contributed by atoms with E-state index in [-0.39, 0.29) is 0 Å². The zero-order chi connectivity index (χ0) is 13.1. The molecule has 4 heteroatoms. The van der Waals surface area contributed by atoms with E-state index in [2.05, 4.69) is 42.7 Å². The minimum atomic E-state index is 0.687. The van der Waals surface area contributed by atoms with Gasteiger partial charge in [-0.3, -0.25) is 4.68 Å². The maximum Gasteiger partial charge on any atom is 0.0755 e. The molecule has 2 aromatic heterocycles. The van der Waals surface area contributed by atoms with Gasteiger partial charge in [-0.25, -0.2) is 0 Å². The first-order valence-electron chi connectivity index (χ1n) is 6.46. The Bertz CT molecular complexity index is 525. The molecule has 2 heterocycles. The molecule has 0 bridgehead atoms. The predicted molar refractivity (Wildman–Crippen MR) is 77.3 cm³/mol. The molecule has 2 rings (SSSR count). The van der Waals surface area contributed by atoms with Crippen LogP contribution in [0.25, 0.3) is 0 Å². The number of hydrogen-bond donors (Lipinski definition) is 1. The SMILES string of the molecule is CCc1ccc(Cn2nc(C)c(CCN)c2C)s1. The summed E-state index contributed by atoms with van der Waals surface area (Å²) in [6.07, 6.45) is 2.03. The molecule has 0 saturated heterocycles. The van der Waals surface area contributed by atoms with E-state index in [9.17, 15) is 0 Å². The van der Waals surface area contributed by atoms with Crippen LogP contribution in [0.2, 0.25) is 0 Å². The number of rotatable bonds is 5. The number of thiophene rings is 1. The Morgan fingerprint density at radius 2 is 2.00 bits per heavy atom. The van der Waals surface area contributed by atoms with E-state index < -0.39 is 0 Å². The molecule has 0 saturated carbocycles. The van der Waals surface area contributed by atoms with Gasteiger partial charge in [0.05, 0.1) is 12.2 Å². The van der Waals surface area contributed by atoms with Crippen molar-refractivity contribution in [2.75, 3.05) is 6.54 Å². The van der Waals surface area contributed by atoms with Crippen LogP contribution in [0.5, 0.6) is 0 Å². The van der Waals surface area contributed by atoms with Crippen LogP contribution >= 0.6 is 11.3 Å². The fourth-order valence-corrected chi connectivity index (χ4v) is 3.18. The second kappa shape index (κ2) is 5.67. The van der Waals surface area contributed by atoms with Gasteiger partial charge >= 0.3 is 0 Å². The first-order chi connectivity index (χ1) is 8.65. The maximum atomic E-state index is 5.65. The van der Waals surface area contributed by atoms with E-state index in [1.165, 1.54) is 21.0 Å². The Balaban J connectivity index is 2.21. The van der Waals surface area contributed by atoms with Crippen molar-refractivity contribution in [3.05, 3.63) is 38.8 Å². The fourth-order valence-electron chi connectivity index (χ4n) is 2.24. The lowest BCUT2D eigenvalue weighted by Crippen LogP contribution is -2.06. The predicted octanol–water partition coefficient (Wildman–Crippen LogP) is 2.67. The number of nitrogens with zero attached hydrogens (tertiary/aromatic N) is 2. The highest BCUT2D eigenvalue weighted by Gasteiger charge is 2.11. The summed E-state index contributed by atoms with van der Waals surface area (Å²) in [5, 5.41) is 4.63. The second-order valence-electron chi connectivity index (χ2n) is 4.57. The zero-order valence-electron chi connectivity index (χ0n) is 11.4. The largest absolute Gasteiger partial charge is 0.330 e. The van der Waals surface area contributed by atoms with E-state index in [0.29, 0.717) is 6.54 Å². The molecule has 98 valence electrons. The number of aromatic nitrogens is 2. The quantitative estimate of drug-likeness (QED) is 0.901. The molecule has 0 fully saturated rings. The van der Waals surface area contributed by atoms with Crippen molar-refractivity contribution in [3.63, 3.8) is 0 Å². The third kappa shape index (κ3) is 2.65. The van der Waals surface area contributed by atoms with Gasteiger partial charge in [-0.05, 0) is 50.9 Å². The Labute approximate surface area is 113 Å². The van der Waals surface area contributed by atoms with E-state index >= 15 is 0 Å². The summed E-state index contributed by atoms with van der Waals surface area (Å²) in [5.74, 6) is 0. The Morgan fingerprint density at radius 3 is 2.61 bits per heavy atom. The molecule has 0 unspecified atom stereocenters. The topological polar surface area (TPSA) is 43.8 Å². The van der Waals surface area contributed by atoms with Crippen LogP contribution in [0.3, 0.4) is 0 Å². The number of nitrogens with two attached hydrogens (primary N) is 1. The molecule has 0 spiro atoms. The third-order valence-corrected chi connectivity index (χ3v) is 4.51. The minimum Gasteiger partial charge on any atom is -0.330 e. The minimum absolute atomic E-state index is 0.687. The zero-order valence-corrected chi connectivity index (χ0v) is 12.2. The normalized spacial score (nSPS) is 11.1. The van der Waals surface area contributed by atoms with Crippen molar-refractivity contribution < 1.29 is 0 Å². The second-order valence-corrected chi connectivity index (χ2v) is 5.82. The van der Waals surface area contributed by atoms with Gasteiger partial charge < -0.3 is 5.73 Å². The molecule has 0 atom stereocenters. The number of aryl methyl sites for hydroxylation is 2. The van der Waals surface area contributed by atoms with Crippen LogP contribution in [0, 0.1) is 13.8 Å². The molecule has 2 aromatic rings. The maximum absolute atomic E-state index is 5.65. The van der Waals surface area contributed by atoms with Crippen molar-refractivity contribution in [1.29, 1.82) is 0 Å². The van der Waals surface area contributed by atoms with E-state index in [1.54, 1.807) is 0 Å². The van der Waals surface area contributed by atoms with Gasteiger partial charge in [0.1, 0.15) is 0 Å². The molecule has 0 aliphatic heterocycles. The van der Waals surface area contributed by atoms with Crippen LogP contribution in [-0.2, 0) is 19.4 Å². The van der Waals surface area contributed by atoms with Crippen LogP contribution < -0.4 is 5.73 Å². The smallest absolute Gasteiger partial charge is 0.0755 e. The summed E-state index contributed by atoms with van der Waals surface area (Å²) >= 11 is 1.88.